The third-order valence-electron chi connectivity index (χ3n) is 2.94. The summed E-state index contributed by atoms with van der Waals surface area (Å²) < 4.78 is 4.70. The largest absolute Gasteiger partial charge is 0.465 e. The minimum atomic E-state index is -0.405. The molecule has 1 N–H and O–H groups in total. The number of carbonyl (C=O) groups is 1. The zero-order valence-corrected chi connectivity index (χ0v) is 12.0. The van der Waals surface area contributed by atoms with Crippen LogP contribution in [0.15, 0.2) is 18.2 Å². The zero-order chi connectivity index (χ0) is 13.1. The van der Waals surface area contributed by atoms with E-state index in [1.54, 1.807) is 12.1 Å². The second-order valence-corrected chi connectivity index (χ2v) is 6.29. The Kier molecular flexibility index (Phi) is 4.40. The van der Waals surface area contributed by atoms with Crippen LogP contribution in [0.3, 0.4) is 0 Å². The average Bonchev–Trinajstić information content (AvgIpc) is 2.76. The Hall–Kier alpha value is -0.870. The molecule has 18 heavy (non-hydrogen) atoms. The van der Waals surface area contributed by atoms with Gasteiger partial charge >= 0.3 is 5.97 Å². The van der Waals surface area contributed by atoms with E-state index in [0.29, 0.717) is 21.9 Å². The van der Waals surface area contributed by atoms with Crippen LogP contribution in [0.5, 0.6) is 0 Å². The van der Waals surface area contributed by atoms with Crippen LogP contribution in [-0.2, 0) is 4.74 Å². The van der Waals surface area contributed by atoms with Crippen LogP contribution in [0.25, 0.3) is 0 Å². The lowest BCUT2D eigenvalue weighted by Crippen LogP contribution is -2.19. The second-order valence-electron chi connectivity index (χ2n) is 4.41. The highest BCUT2D eigenvalue weighted by molar-refractivity contribution is 8.00. The lowest BCUT2D eigenvalue weighted by atomic mass is 10.1. The van der Waals surface area contributed by atoms with Crippen molar-refractivity contribution in [3.8, 4) is 0 Å². The highest BCUT2D eigenvalue weighted by Crippen LogP contribution is 2.29. The van der Waals surface area contributed by atoms with Crippen LogP contribution in [0.4, 0.5) is 5.69 Å². The van der Waals surface area contributed by atoms with Crippen LogP contribution < -0.4 is 5.32 Å². The van der Waals surface area contributed by atoms with Crippen LogP contribution in [-0.4, -0.2) is 30.1 Å². The summed E-state index contributed by atoms with van der Waals surface area (Å²) in [4.78, 5) is 11.5. The van der Waals surface area contributed by atoms with Gasteiger partial charge in [-0.2, -0.15) is 11.8 Å². The van der Waals surface area contributed by atoms with E-state index in [2.05, 4.69) is 12.2 Å². The Morgan fingerprint density at radius 1 is 1.56 bits per heavy atom. The SMILES string of the molecule is COC(=O)c1cc(NC2CSC(C)C2)ccc1Cl. The molecular formula is C13H16ClNO2S. The number of hydrogen-bond donors (Lipinski definition) is 1. The van der Waals surface area contributed by atoms with E-state index in [0.717, 1.165) is 17.9 Å². The van der Waals surface area contributed by atoms with E-state index < -0.39 is 5.97 Å². The van der Waals surface area contributed by atoms with Crippen molar-refractivity contribution < 1.29 is 9.53 Å². The Bertz CT molecular complexity index is 453. The molecule has 5 heteroatoms. The van der Waals surface area contributed by atoms with Gasteiger partial charge in [0, 0.05) is 22.7 Å². The van der Waals surface area contributed by atoms with Gasteiger partial charge in [-0.15, -0.1) is 0 Å². The van der Waals surface area contributed by atoms with Crippen molar-refractivity contribution in [2.24, 2.45) is 0 Å². The minimum Gasteiger partial charge on any atom is -0.465 e. The first kappa shape index (κ1) is 13.6. The molecule has 1 aromatic rings. The van der Waals surface area contributed by atoms with E-state index in [9.17, 15) is 4.79 Å². The zero-order valence-electron chi connectivity index (χ0n) is 10.4. The molecule has 0 amide bonds. The second kappa shape index (κ2) is 5.85. The van der Waals surface area contributed by atoms with E-state index in [1.807, 2.05) is 17.8 Å². The predicted octanol–water partition coefficient (Wildman–Crippen LogP) is 3.43. The van der Waals surface area contributed by atoms with Gasteiger partial charge in [-0.25, -0.2) is 4.79 Å². The van der Waals surface area contributed by atoms with Crippen LogP contribution in [0, 0.1) is 0 Å². The van der Waals surface area contributed by atoms with E-state index >= 15 is 0 Å². The fraction of sp³-hybridized carbons (Fsp3) is 0.462. The van der Waals surface area contributed by atoms with Crippen molar-refractivity contribution in [2.45, 2.75) is 24.6 Å². The Morgan fingerprint density at radius 3 is 2.94 bits per heavy atom. The first-order valence-electron chi connectivity index (χ1n) is 5.86. The molecule has 0 aromatic heterocycles. The summed E-state index contributed by atoms with van der Waals surface area (Å²) in [6.45, 7) is 2.23. The molecule has 0 saturated carbocycles. The molecule has 1 saturated heterocycles. The standard InChI is InChI=1S/C13H16ClNO2S/c1-8-5-10(7-18-8)15-9-3-4-12(14)11(6-9)13(16)17-2/h3-4,6,8,10,15H,5,7H2,1-2H3. The molecule has 1 aromatic carbocycles. The maximum Gasteiger partial charge on any atom is 0.339 e. The third kappa shape index (κ3) is 3.12. The molecule has 3 nitrogen and oxygen atoms in total. The molecule has 1 aliphatic heterocycles. The van der Waals surface area contributed by atoms with Gasteiger partial charge in [-0.1, -0.05) is 18.5 Å². The summed E-state index contributed by atoms with van der Waals surface area (Å²) in [7, 11) is 1.36. The van der Waals surface area contributed by atoms with E-state index in [-0.39, 0.29) is 0 Å². The third-order valence-corrected chi connectivity index (χ3v) is 4.63. The van der Waals surface area contributed by atoms with E-state index in [1.165, 1.54) is 7.11 Å². The molecular weight excluding hydrogens is 270 g/mol. The number of carbonyl (C=O) groups excluding carboxylic acids is 1. The Labute approximate surface area is 116 Å². The number of methoxy groups -OCH3 is 1. The number of anilines is 1. The van der Waals surface area contributed by atoms with Gasteiger partial charge in [0.1, 0.15) is 0 Å². The first-order valence-corrected chi connectivity index (χ1v) is 7.29. The molecule has 1 aliphatic rings. The number of hydrogen-bond acceptors (Lipinski definition) is 4. The van der Waals surface area contributed by atoms with Crippen molar-refractivity contribution in [1.29, 1.82) is 0 Å². The molecule has 1 fully saturated rings. The first-order chi connectivity index (χ1) is 8.60. The Balaban J connectivity index is 2.12. The highest BCUT2D eigenvalue weighted by Gasteiger charge is 2.22. The van der Waals surface area contributed by atoms with Gasteiger partial charge in [0.15, 0.2) is 0 Å². The summed E-state index contributed by atoms with van der Waals surface area (Å²) in [6.07, 6.45) is 1.14. The van der Waals surface area contributed by atoms with Crippen molar-refractivity contribution in [3.63, 3.8) is 0 Å². The maximum absolute atomic E-state index is 11.5. The monoisotopic (exact) mass is 285 g/mol. The van der Waals surface area contributed by atoms with Gasteiger partial charge < -0.3 is 10.1 Å². The quantitative estimate of drug-likeness (QED) is 0.864. The summed E-state index contributed by atoms with van der Waals surface area (Å²) in [6, 6.07) is 5.82. The van der Waals surface area contributed by atoms with Crippen molar-refractivity contribution >= 4 is 35.0 Å². The molecule has 1 heterocycles. The summed E-state index contributed by atoms with van der Waals surface area (Å²) in [5.74, 6) is 0.690. The number of ether oxygens (including phenoxy) is 1. The topological polar surface area (TPSA) is 38.3 Å². The number of thioether (sulfide) groups is 1. The highest BCUT2D eigenvalue weighted by atomic mass is 35.5. The average molecular weight is 286 g/mol. The van der Waals surface area contributed by atoms with E-state index in [4.69, 9.17) is 16.3 Å². The fourth-order valence-corrected chi connectivity index (χ4v) is 3.38. The number of rotatable bonds is 3. The molecule has 98 valence electrons. The van der Waals surface area contributed by atoms with Crippen molar-refractivity contribution in [3.05, 3.63) is 28.8 Å². The van der Waals surface area contributed by atoms with Crippen molar-refractivity contribution in [2.75, 3.05) is 18.2 Å². The lowest BCUT2D eigenvalue weighted by molar-refractivity contribution is 0.0601. The van der Waals surface area contributed by atoms with Gasteiger partial charge in [0.2, 0.25) is 0 Å². The van der Waals surface area contributed by atoms with Gasteiger partial charge in [-0.05, 0) is 24.6 Å². The number of halogens is 1. The lowest BCUT2D eigenvalue weighted by Gasteiger charge is -2.14. The molecule has 0 spiro atoms. The smallest absolute Gasteiger partial charge is 0.339 e. The Morgan fingerprint density at radius 2 is 2.33 bits per heavy atom. The van der Waals surface area contributed by atoms with Crippen molar-refractivity contribution in [1.82, 2.24) is 0 Å². The maximum atomic E-state index is 11.5. The van der Waals surface area contributed by atoms with Crippen LogP contribution in [0.2, 0.25) is 5.02 Å². The minimum absolute atomic E-state index is 0.405. The molecule has 0 radical (unpaired) electrons. The molecule has 0 aliphatic carbocycles. The number of esters is 1. The number of nitrogens with one attached hydrogen (secondary N) is 1. The molecule has 0 bridgehead atoms. The normalized spacial score (nSPS) is 22.8. The molecule has 2 rings (SSSR count). The van der Waals surface area contributed by atoms with Crippen LogP contribution >= 0.6 is 23.4 Å². The fourth-order valence-electron chi connectivity index (χ4n) is 2.03. The predicted molar refractivity (Wildman–Crippen MR) is 76.7 cm³/mol. The molecule has 2 unspecified atom stereocenters. The number of benzene rings is 1. The van der Waals surface area contributed by atoms with Gasteiger partial charge in [0.25, 0.3) is 0 Å². The van der Waals surface area contributed by atoms with Gasteiger partial charge in [0.05, 0.1) is 17.7 Å². The summed E-state index contributed by atoms with van der Waals surface area (Å²) >= 11 is 7.94. The summed E-state index contributed by atoms with van der Waals surface area (Å²) in [5, 5.41) is 4.54. The van der Waals surface area contributed by atoms with Gasteiger partial charge in [-0.3, -0.25) is 0 Å². The molecule has 2 atom stereocenters. The summed E-state index contributed by atoms with van der Waals surface area (Å²) in [5.41, 5.74) is 1.32. The van der Waals surface area contributed by atoms with Crippen LogP contribution in [0.1, 0.15) is 23.7 Å².